The minimum atomic E-state index is -0.106. The summed E-state index contributed by atoms with van der Waals surface area (Å²) in [4.78, 5) is 17.0. The number of nitrogens with zero attached hydrogens (tertiary/aromatic N) is 3. The smallest absolute Gasteiger partial charge is 0.246 e. The first kappa shape index (κ1) is 15.6. The SMILES string of the molecule is CC[C@@H](C)Sc1ccc(NC(=O)Cn2cncn2)c(C)c1. The van der Waals surface area contributed by atoms with E-state index in [1.165, 1.54) is 22.2 Å². The maximum atomic E-state index is 11.9. The highest BCUT2D eigenvalue weighted by Crippen LogP contribution is 2.28. The predicted octanol–water partition coefficient (Wildman–Crippen LogP) is 3.12. The summed E-state index contributed by atoms with van der Waals surface area (Å²) < 4.78 is 1.50. The minimum Gasteiger partial charge on any atom is -0.324 e. The van der Waals surface area contributed by atoms with Crippen LogP contribution in [-0.2, 0) is 11.3 Å². The fraction of sp³-hybridized carbons (Fsp3) is 0.400. The van der Waals surface area contributed by atoms with Gasteiger partial charge < -0.3 is 5.32 Å². The predicted molar refractivity (Wildman–Crippen MR) is 85.4 cm³/mol. The lowest BCUT2D eigenvalue weighted by atomic mass is 10.2. The summed E-state index contributed by atoms with van der Waals surface area (Å²) in [6, 6.07) is 6.12. The third-order valence-corrected chi connectivity index (χ3v) is 4.42. The topological polar surface area (TPSA) is 59.8 Å². The molecule has 21 heavy (non-hydrogen) atoms. The van der Waals surface area contributed by atoms with Gasteiger partial charge in [0, 0.05) is 15.8 Å². The molecule has 1 heterocycles. The van der Waals surface area contributed by atoms with Gasteiger partial charge in [-0.1, -0.05) is 13.8 Å². The van der Waals surface area contributed by atoms with E-state index in [1.807, 2.05) is 24.8 Å². The molecule has 0 radical (unpaired) electrons. The molecule has 1 aromatic carbocycles. The number of aromatic nitrogens is 3. The lowest BCUT2D eigenvalue weighted by Gasteiger charge is -2.12. The van der Waals surface area contributed by atoms with Gasteiger partial charge in [0.15, 0.2) is 0 Å². The zero-order valence-corrected chi connectivity index (χ0v) is 13.4. The van der Waals surface area contributed by atoms with Crippen molar-refractivity contribution in [1.82, 2.24) is 14.8 Å². The number of aryl methyl sites for hydroxylation is 1. The van der Waals surface area contributed by atoms with E-state index in [4.69, 9.17) is 0 Å². The van der Waals surface area contributed by atoms with Gasteiger partial charge in [-0.25, -0.2) is 9.67 Å². The molecule has 1 amide bonds. The van der Waals surface area contributed by atoms with Gasteiger partial charge in [-0.3, -0.25) is 4.79 Å². The van der Waals surface area contributed by atoms with E-state index < -0.39 is 0 Å². The van der Waals surface area contributed by atoms with Crippen molar-refractivity contribution in [1.29, 1.82) is 0 Å². The highest BCUT2D eigenvalue weighted by Gasteiger charge is 2.08. The van der Waals surface area contributed by atoms with Crippen LogP contribution >= 0.6 is 11.8 Å². The second kappa shape index (κ2) is 7.26. The van der Waals surface area contributed by atoms with E-state index in [0.29, 0.717) is 5.25 Å². The Kier molecular flexibility index (Phi) is 5.38. The summed E-state index contributed by atoms with van der Waals surface area (Å²) in [6.45, 7) is 6.58. The van der Waals surface area contributed by atoms with Crippen molar-refractivity contribution in [2.45, 2.75) is 43.9 Å². The van der Waals surface area contributed by atoms with E-state index in [9.17, 15) is 4.79 Å². The Bertz CT molecular complexity index is 598. The summed E-state index contributed by atoms with van der Waals surface area (Å²) in [7, 11) is 0. The summed E-state index contributed by atoms with van der Waals surface area (Å²) in [5.41, 5.74) is 1.91. The van der Waals surface area contributed by atoms with E-state index in [2.05, 4.69) is 41.4 Å². The van der Waals surface area contributed by atoms with Crippen LogP contribution in [0, 0.1) is 6.92 Å². The molecule has 0 bridgehead atoms. The summed E-state index contributed by atoms with van der Waals surface area (Å²) in [5.74, 6) is -0.106. The van der Waals surface area contributed by atoms with Crippen molar-refractivity contribution >= 4 is 23.4 Å². The average Bonchev–Trinajstić information content (AvgIpc) is 2.94. The normalized spacial score (nSPS) is 12.1. The van der Waals surface area contributed by atoms with Gasteiger partial charge in [-0.15, -0.1) is 11.8 Å². The molecule has 0 unspecified atom stereocenters. The zero-order chi connectivity index (χ0) is 15.2. The maximum absolute atomic E-state index is 11.9. The van der Waals surface area contributed by atoms with E-state index in [0.717, 1.165) is 17.7 Å². The highest BCUT2D eigenvalue weighted by molar-refractivity contribution is 7.99. The Morgan fingerprint density at radius 1 is 1.48 bits per heavy atom. The molecule has 0 saturated heterocycles. The first-order chi connectivity index (χ1) is 10.1. The first-order valence-corrected chi connectivity index (χ1v) is 7.86. The Morgan fingerprint density at radius 2 is 2.29 bits per heavy atom. The van der Waals surface area contributed by atoms with Crippen molar-refractivity contribution in [3.05, 3.63) is 36.4 Å². The molecular formula is C15H20N4OS. The number of amides is 1. The molecule has 2 aromatic rings. The molecule has 0 saturated carbocycles. The van der Waals surface area contributed by atoms with Gasteiger partial charge in [0.1, 0.15) is 19.2 Å². The third kappa shape index (κ3) is 4.60. The van der Waals surface area contributed by atoms with Crippen LogP contribution in [0.25, 0.3) is 0 Å². The van der Waals surface area contributed by atoms with Crippen LogP contribution in [0.3, 0.4) is 0 Å². The van der Waals surface area contributed by atoms with Gasteiger partial charge in [0.2, 0.25) is 5.91 Å². The van der Waals surface area contributed by atoms with Crippen LogP contribution in [-0.4, -0.2) is 25.9 Å². The lowest BCUT2D eigenvalue weighted by Crippen LogP contribution is -2.19. The summed E-state index contributed by atoms with van der Waals surface area (Å²) >= 11 is 1.85. The number of rotatable bonds is 6. The number of benzene rings is 1. The second-order valence-electron chi connectivity index (χ2n) is 4.95. The molecule has 1 N–H and O–H groups in total. The van der Waals surface area contributed by atoms with Crippen molar-refractivity contribution in [3.63, 3.8) is 0 Å². The monoisotopic (exact) mass is 304 g/mol. The van der Waals surface area contributed by atoms with Gasteiger partial charge in [0.05, 0.1) is 0 Å². The van der Waals surface area contributed by atoms with Crippen molar-refractivity contribution in [2.75, 3.05) is 5.32 Å². The first-order valence-electron chi connectivity index (χ1n) is 6.98. The molecule has 0 aliphatic heterocycles. The number of hydrogen-bond donors (Lipinski definition) is 1. The summed E-state index contributed by atoms with van der Waals surface area (Å²) in [5, 5.41) is 7.42. The molecule has 0 fully saturated rings. The van der Waals surface area contributed by atoms with Gasteiger partial charge in [0.25, 0.3) is 0 Å². The van der Waals surface area contributed by atoms with Crippen molar-refractivity contribution < 1.29 is 4.79 Å². The Labute approximate surface area is 129 Å². The molecular weight excluding hydrogens is 284 g/mol. The zero-order valence-electron chi connectivity index (χ0n) is 12.5. The number of thioether (sulfide) groups is 1. The lowest BCUT2D eigenvalue weighted by molar-refractivity contribution is -0.116. The van der Waals surface area contributed by atoms with Crippen LogP contribution in [0.15, 0.2) is 35.7 Å². The number of nitrogens with one attached hydrogen (secondary N) is 1. The fourth-order valence-corrected chi connectivity index (χ4v) is 2.84. The number of carbonyl (C=O) groups excluding carboxylic acids is 1. The van der Waals surface area contributed by atoms with Gasteiger partial charge in [-0.05, 0) is 37.1 Å². The molecule has 5 nitrogen and oxygen atoms in total. The molecule has 0 aliphatic carbocycles. The largest absolute Gasteiger partial charge is 0.324 e. The third-order valence-electron chi connectivity index (χ3n) is 3.16. The average molecular weight is 304 g/mol. The number of hydrogen-bond acceptors (Lipinski definition) is 4. The van der Waals surface area contributed by atoms with E-state index in [-0.39, 0.29) is 12.5 Å². The maximum Gasteiger partial charge on any atom is 0.246 e. The van der Waals surface area contributed by atoms with Crippen LogP contribution in [0.5, 0.6) is 0 Å². The van der Waals surface area contributed by atoms with Crippen LogP contribution in [0.4, 0.5) is 5.69 Å². The Hall–Kier alpha value is -1.82. The molecule has 1 aromatic heterocycles. The number of anilines is 1. The molecule has 1 atom stereocenters. The van der Waals surface area contributed by atoms with Crippen molar-refractivity contribution in [2.24, 2.45) is 0 Å². The standard InChI is InChI=1S/C15H20N4OS/c1-4-12(3)21-13-5-6-14(11(2)7-13)18-15(20)8-19-10-16-9-17-19/h5-7,9-10,12H,4,8H2,1-3H3,(H,18,20)/t12-/m1/s1. The highest BCUT2D eigenvalue weighted by atomic mass is 32.2. The molecule has 2 rings (SSSR count). The minimum absolute atomic E-state index is 0.106. The number of carbonyl (C=O) groups is 1. The van der Waals surface area contributed by atoms with Gasteiger partial charge >= 0.3 is 0 Å². The van der Waals surface area contributed by atoms with Gasteiger partial charge in [-0.2, -0.15) is 5.10 Å². The molecule has 0 spiro atoms. The molecule has 112 valence electrons. The van der Waals surface area contributed by atoms with Crippen LogP contribution in [0.1, 0.15) is 25.8 Å². The van der Waals surface area contributed by atoms with Crippen LogP contribution in [0.2, 0.25) is 0 Å². The molecule has 6 heteroatoms. The van der Waals surface area contributed by atoms with Crippen LogP contribution < -0.4 is 5.32 Å². The molecule has 0 aliphatic rings. The van der Waals surface area contributed by atoms with E-state index in [1.54, 1.807) is 0 Å². The quantitative estimate of drug-likeness (QED) is 0.833. The Balaban J connectivity index is 1.98. The van der Waals surface area contributed by atoms with E-state index >= 15 is 0 Å². The second-order valence-corrected chi connectivity index (χ2v) is 6.47. The fourth-order valence-electron chi connectivity index (χ4n) is 1.82. The van der Waals surface area contributed by atoms with Crippen molar-refractivity contribution in [3.8, 4) is 0 Å². The summed E-state index contributed by atoms with van der Waals surface area (Å²) in [6.07, 6.45) is 4.08. The Morgan fingerprint density at radius 3 is 2.90 bits per heavy atom.